The molecule has 1 aromatic carbocycles. The minimum Gasteiger partial charge on any atom is -0.311 e. The van der Waals surface area contributed by atoms with Crippen molar-refractivity contribution in [1.29, 1.82) is 0 Å². The second kappa shape index (κ2) is 6.69. The van der Waals surface area contributed by atoms with Gasteiger partial charge in [0.25, 0.3) is 5.69 Å². The zero-order valence-corrected chi connectivity index (χ0v) is 13.4. The van der Waals surface area contributed by atoms with E-state index >= 15 is 0 Å². The fraction of sp³-hybridized carbons (Fsp3) is 0.500. The molecule has 1 heterocycles. The predicted molar refractivity (Wildman–Crippen MR) is 81.2 cm³/mol. The van der Waals surface area contributed by atoms with Crippen LogP contribution in [0.3, 0.4) is 0 Å². The van der Waals surface area contributed by atoms with Crippen LogP contribution in [-0.2, 0) is 10.0 Å². The maximum atomic E-state index is 12.7. The van der Waals surface area contributed by atoms with Crippen LogP contribution in [0.4, 0.5) is 5.69 Å². The van der Waals surface area contributed by atoms with E-state index in [1.165, 1.54) is 28.6 Å². The molecule has 0 amide bonds. The van der Waals surface area contributed by atoms with Crippen LogP contribution in [0.1, 0.15) is 13.8 Å². The van der Waals surface area contributed by atoms with Crippen LogP contribution in [-0.4, -0.2) is 42.8 Å². The molecule has 0 spiro atoms. The van der Waals surface area contributed by atoms with Crippen LogP contribution in [0.15, 0.2) is 29.2 Å². The molecule has 7 nitrogen and oxygen atoms in total. The SMILES string of the molecule is CC1NCCN(S(=O)(=O)c2ccccc2[N+](=O)[O-])C1C.Cl. The maximum Gasteiger partial charge on any atom is 0.289 e. The molecule has 1 N–H and O–H groups in total. The number of benzene rings is 1. The molecule has 0 aliphatic carbocycles. The van der Waals surface area contributed by atoms with Crippen molar-refractivity contribution in [2.45, 2.75) is 30.8 Å². The quantitative estimate of drug-likeness (QED) is 0.665. The smallest absolute Gasteiger partial charge is 0.289 e. The molecule has 1 aliphatic rings. The number of nitrogens with one attached hydrogen (secondary N) is 1. The lowest BCUT2D eigenvalue weighted by Gasteiger charge is -2.37. The van der Waals surface area contributed by atoms with E-state index in [-0.39, 0.29) is 35.1 Å². The number of sulfonamides is 1. The topological polar surface area (TPSA) is 92.6 Å². The Morgan fingerprint density at radius 2 is 1.95 bits per heavy atom. The van der Waals surface area contributed by atoms with Crippen molar-refractivity contribution < 1.29 is 13.3 Å². The summed E-state index contributed by atoms with van der Waals surface area (Å²) in [5.41, 5.74) is -0.383. The van der Waals surface area contributed by atoms with Crippen molar-refractivity contribution in [2.75, 3.05) is 13.1 Å². The van der Waals surface area contributed by atoms with Gasteiger partial charge < -0.3 is 5.32 Å². The van der Waals surface area contributed by atoms with E-state index in [0.29, 0.717) is 13.1 Å². The summed E-state index contributed by atoms with van der Waals surface area (Å²) < 4.78 is 26.7. The highest BCUT2D eigenvalue weighted by molar-refractivity contribution is 7.89. The van der Waals surface area contributed by atoms with Gasteiger partial charge in [0.1, 0.15) is 0 Å². The van der Waals surface area contributed by atoms with Gasteiger partial charge in [0.05, 0.1) is 4.92 Å². The third kappa shape index (κ3) is 3.34. The number of hydrogen-bond acceptors (Lipinski definition) is 5. The monoisotopic (exact) mass is 335 g/mol. The Balaban J connectivity index is 0.00000220. The van der Waals surface area contributed by atoms with Crippen LogP contribution in [0.2, 0.25) is 0 Å². The molecule has 9 heteroatoms. The van der Waals surface area contributed by atoms with E-state index < -0.39 is 14.9 Å². The molecule has 21 heavy (non-hydrogen) atoms. The van der Waals surface area contributed by atoms with Crippen molar-refractivity contribution in [3.63, 3.8) is 0 Å². The first-order chi connectivity index (χ1) is 9.35. The van der Waals surface area contributed by atoms with E-state index in [2.05, 4.69) is 5.32 Å². The first kappa shape index (κ1) is 17.8. The minimum absolute atomic E-state index is 0. The summed E-state index contributed by atoms with van der Waals surface area (Å²) in [5, 5.41) is 14.2. The Morgan fingerprint density at radius 3 is 2.57 bits per heavy atom. The standard InChI is InChI=1S/C12H17N3O4S.ClH/c1-9-10(2)14(8-7-13-9)20(18,19)12-6-4-3-5-11(12)15(16)17;/h3-6,9-10,13H,7-8H2,1-2H3;1H. The van der Waals surface area contributed by atoms with Crippen LogP contribution >= 0.6 is 12.4 Å². The molecule has 2 unspecified atom stereocenters. The molecule has 0 aromatic heterocycles. The minimum atomic E-state index is -3.87. The second-order valence-electron chi connectivity index (χ2n) is 4.82. The van der Waals surface area contributed by atoms with Crippen molar-refractivity contribution >= 4 is 28.1 Å². The Kier molecular flexibility index (Phi) is 5.68. The number of piperazine rings is 1. The van der Waals surface area contributed by atoms with Gasteiger partial charge in [-0.2, -0.15) is 4.31 Å². The van der Waals surface area contributed by atoms with E-state index in [0.717, 1.165) is 0 Å². The highest BCUT2D eigenvalue weighted by atomic mass is 35.5. The first-order valence-corrected chi connectivity index (χ1v) is 7.78. The molecule has 1 aromatic rings. The first-order valence-electron chi connectivity index (χ1n) is 6.34. The number of rotatable bonds is 3. The summed E-state index contributed by atoms with van der Waals surface area (Å²) in [6, 6.07) is 5.20. The van der Waals surface area contributed by atoms with Crippen LogP contribution < -0.4 is 5.32 Å². The van der Waals surface area contributed by atoms with Gasteiger partial charge in [-0.25, -0.2) is 8.42 Å². The lowest BCUT2D eigenvalue weighted by Crippen LogP contribution is -2.57. The summed E-state index contributed by atoms with van der Waals surface area (Å²) >= 11 is 0. The van der Waals surface area contributed by atoms with Gasteiger partial charge in [0, 0.05) is 31.2 Å². The van der Waals surface area contributed by atoms with Gasteiger partial charge >= 0.3 is 0 Å². The van der Waals surface area contributed by atoms with Gasteiger partial charge in [-0.15, -0.1) is 12.4 Å². The van der Waals surface area contributed by atoms with Gasteiger partial charge in [-0.3, -0.25) is 10.1 Å². The van der Waals surface area contributed by atoms with Gasteiger partial charge in [0.2, 0.25) is 10.0 Å². The van der Waals surface area contributed by atoms with Gasteiger partial charge in [-0.05, 0) is 19.9 Å². The molecule has 0 radical (unpaired) electrons. The lowest BCUT2D eigenvalue weighted by molar-refractivity contribution is -0.387. The van der Waals surface area contributed by atoms with E-state index in [1.54, 1.807) is 6.92 Å². The Morgan fingerprint density at radius 1 is 1.33 bits per heavy atom. The number of hydrogen-bond donors (Lipinski definition) is 1. The third-order valence-electron chi connectivity index (χ3n) is 3.62. The largest absolute Gasteiger partial charge is 0.311 e. The van der Waals surface area contributed by atoms with Crippen molar-refractivity contribution in [2.24, 2.45) is 0 Å². The predicted octanol–water partition coefficient (Wildman–Crippen LogP) is 1.39. The number of nitro benzene ring substituents is 1. The molecular weight excluding hydrogens is 318 g/mol. The van der Waals surface area contributed by atoms with Crippen molar-refractivity contribution in [3.8, 4) is 0 Å². The summed E-state index contributed by atoms with van der Waals surface area (Å²) in [4.78, 5) is 10.1. The molecule has 1 aliphatic heterocycles. The van der Waals surface area contributed by atoms with E-state index in [1.807, 2.05) is 6.92 Å². The Labute approximate surface area is 129 Å². The molecule has 0 saturated carbocycles. The molecule has 2 rings (SSSR count). The van der Waals surface area contributed by atoms with Crippen molar-refractivity contribution in [1.82, 2.24) is 9.62 Å². The molecule has 118 valence electrons. The lowest BCUT2D eigenvalue weighted by atomic mass is 10.1. The van der Waals surface area contributed by atoms with Crippen LogP contribution in [0.5, 0.6) is 0 Å². The highest BCUT2D eigenvalue weighted by Gasteiger charge is 2.37. The Bertz CT molecular complexity index is 623. The molecule has 1 saturated heterocycles. The average molecular weight is 336 g/mol. The van der Waals surface area contributed by atoms with E-state index in [9.17, 15) is 18.5 Å². The fourth-order valence-electron chi connectivity index (χ4n) is 2.32. The summed E-state index contributed by atoms with van der Waals surface area (Å²) in [7, 11) is -3.87. The molecular formula is C12H18ClN3O4S. The number of nitro groups is 1. The number of halogens is 1. The zero-order valence-electron chi connectivity index (χ0n) is 11.7. The summed E-state index contributed by atoms with van der Waals surface area (Å²) in [6.07, 6.45) is 0. The normalized spacial score (nSPS) is 23.3. The molecule has 1 fully saturated rings. The summed E-state index contributed by atoms with van der Waals surface area (Å²) in [5.74, 6) is 0. The fourth-order valence-corrected chi connectivity index (χ4v) is 4.18. The van der Waals surface area contributed by atoms with Crippen LogP contribution in [0.25, 0.3) is 0 Å². The van der Waals surface area contributed by atoms with E-state index in [4.69, 9.17) is 0 Å². The second-order valence-corrected chi connectivity index (χ2v) is 6.68. The summed E-state index contributed by atoms with van der Waals surface area (Å²) in [6.45, 7) is 4.53. The molecule has 2 atom stereocenters. The molecule has 0 bridgehead atoms. The zero-order chi connectivity index (χ0) is 14.9. The number of nitrogens with zero attached hydrogens (tertiary/aromatic N) is 2. The maximum absolute atomic E-state index is 12.7. The average Bonchev–Trinajstić information content (AvgIpc) is 2.41. The Hall–Kier alpha value is -1.22. The van der Waals surface area contributed by atoms with Gasteiger partial charge in [-0.1, -0.05) is 12.1 Å². The van der Waals surface area contributed by atoms with Crippen LogP contribution in [0, 0.1) is 10.1 Å². The van der Waals surface area contributed by atoms with Gasteiger partial charge in [0.15, 0.2) is 4.90 Å². The third-order valence-corrected chi connectivity index (χ3v) is 5.66. The highest BCUT2D eigenvalue weighted by Crippen LogP contribution is 2.28. The number of para-hydroxylation sites is 1. The van der Waals surface area contributed by atoms with Crippen molar-refractivity contribution in [3.05, 3.63) is 34.4 Å².